The molecule has 0 unspecified atom stereocenters. The summed E-state index contributed by atoms with van der Waals surface area (Å²) in [6.07, 6.45) is 3.10. The van der Waals surface area contributed by atoms with Crippen molar-refractivity contribution in [2.75, 3.05) is 32.9 Å². The zero-order chi connectivity index (χ0) is 14.6. The van der Waals surface area contributed by atoms with Gasteiger partial charge in [-0.2, -0.15) is 0 Å². The van der Waals surface area contributed by atoms with Crippen LogP contribution in [0.25, 0.3) is 0 Å². The molecule has 0 spiro atoms. The van der Waals surface area contributed by atoms with Gasteiger partial charge in [-0.25, -0.2) is 0 Å². The lowest BCUT2D eigenvalue weighted by atomic mass is 9.90. The highest BCUT2D eigenvalue weighted by Crippen LogP contribution is 2.30. The Labute approximate surface area is 119 Å². The van der Waals surface area contributed by atoms with Crippen LogP contribution in [-0.4, -0.2) is 60.9 Å². The molecule has 0 aromatic rings. The predicted molar refractivity (Wildman–Crippen MR) is 71.3 cm³/mol. The van der Waals surface area contributed by atoms with Crippen molar-refractivity contribution in [2.45, 2.75) is 38.7 Å². The Hall–Kier alpha value is -1.14. The minimum absolute atomic E-state index is 0.0256. The molecule has 1 amide bonds. The molecule has 2 saturated heterocycles. The van der Waals surface area contributed by atoms with Crippen molar-refractivity contribution in [3.8, 4) is 0 Å². The van der Waals surface area contributed by atoms with Crippen LogP contribution >= 0.6 is 0 Å². The van der Waals surface area contributed by atoms with Gasteiger partial charge in [0.15, 0.2) is 0 Å². The van der Waals surface area contributed by atoms with Crippen LogP contribution in [0.1, 0.15) is 32.6 Å². The molecule has 6 nitrogen and oxygen atoms in total. The molecule has 2 heterocycles. The van der Waals surface area contributed by atoms with Crippen molar-refractivity contribution in [1.82, 2.24) is 4.90 Å². The number of likely N-dealkylation sites (tertiary alicyclic amines) is 1. The molecule has 1 N–H and O–H groups in total. The fourth-order valence-corrected chi connectivity index (χ4v) is 2.66. The molecule has 2 atom stereocenters. The average Bonchev–Trinajstić information content (AvgIpc) is 3.04. The van der Waals surface area contributed by atoms with Crippen LogP contribution in [0.3, 0.4) is 0 Å². The van der Waals surface area contributed by atoms with Gasteiger partial charge in [0, 0.05) is 19.7 Å². The van der Waals surface area contributed by atoms with E-state index in [1.807, 2.05) is 0 Å². The average molecular weight is 285 g/mol. The number of carbonyl (C=O) groups is 2. The maximum atomic E-state index is 12.0. The summed E-state index contributed by atoms with van der Waals surface area (Å²) in [7, 11) is 0. The van der Waals surface area contributed by atoms with Gasteiger partial charge in [-0.15, -0.1) is 0 Å². The first-order valence-corrected chi connectivity index (χ1v) is 7.22. The number of aliphatic carboxylic acids is 1. The van der Waals surface area contributed by atoms with Crippen LogP contribution in [0.2, 0.25) is 0 Å². The second-order valence-electron chi connectivity index (χ2n) is 5.89. The first-order chi connectivity index (χ1) is 9.51. The van der Waals surface area contributed by atoms with E-state index in [1.165, 1.54) is 0 Å². The summed E-state index contributed by atoms with van der Waals surface area (Å²) in [5.74, 6) is -0.857. The van der Waals surface area contributed by atoms with Crippen LogP contribution in [-0.2, 0) is 19.1 Å². The Morgan fingerprint density at radius 3 is 2.90 bits per heavy atom. The topological polar surface area (TPSA) is 76.1 Å². The Morgan fingerprint density at radius 2 is 2.30 bits per heavy atom. The molecular weight excluding hydrogens is 262 g/mol. The summed E-state index contributed by atoms with van der Waals surface area (Å²) in [6.45, 7) is 4.23. The quantitative estimate of drug-likeness (QED) is 0.734. The van der Waals surface area contributed by atoms with E-state index in [2.05, 4.69) is 0 Å². The van der Waals surface area contributed by atoms with E-state index in [-0.39, 0.29) is 12.0 Å². The molecule has 2 fully saturated rings. The number of nitrogens with zero attached hydrogens (tertiary/aromatic N) is 1. The summed E-state index contributed by atoms with van der Waals surface area (Å²) in [5.41, 5.74) is -0.797. The van der Waals surface area contributed by atoms with Crippen LogP contribution in [0.15, 0.2) is 0 Å². The number of rotatable bonds is 6. The van der Waals surface area contributed by atoms with Crippen molar-refractivity contribution in [3.63, 3.8) is 0 Å². The number of carbonyl (C=O) groups excluding carboxylic acids is 1. The smallest absolute Gasteiger partial charge is 0.311 e. The molecular formula is C14H23NO5. The SMILES string of the molecule is C[C@@]1(C(=O)O)CCN(C(=O)CCOC[C@@H]2CCCO2)C1. The number of carboxylic acids is 1. The van der Waals surface area contributed by atoms with Crippen molar-refractivity contribution >= 4 is 11.9 Å². The highest BCUT2D eigenvalue weighted by Gasteiger charge is 2.41. The molecule has 0 radical (unpaired) electrons. The third-order valence-electron chi connectivity index (χ3n) is 4.13. The van der Waals surface area contributed by atoms with E-state index in [0.29, 0.717) is 39.1 Å². The molecule has 6 heteroatoms. The number of hydrogen-bond donors (Lipinski definition) is 1. The maximum absolute atomic E-state index is 12.0. The Morgan fingerprint density at radius 1 is 1.50 bits per heavy atom. The maximum Gasteiger partial charge on any atom is 0.311 e. The Kier molecular flexibility index (Phi) is 4.99. The summed E-state index contributed by atoms with van der Waals surface area (Å²) >= 11 is 0. The lowest BCUT2D eigenvalue weighted by molar-refractivity contribution is -0.147. The number of amides is 1. The van der Waals surface area contributed by atoms with Gasteiger partial charge in [-0.05, 0) is 26.2 Å². The Bertz CT molecular complexity index is 367. The minimum Gasteiger partial charge on any atom is -0.481 e. The molecule has 0 aliphatic carbocycles. The monoisotopic (exact) mass is 285 g/mol. The van der Waals surface area contributed by atoms with E-state index in [9.17, 15) is 9.59 Å². The predicted octanol–water partition coefficient (Wildman–Crippen LogP) is 0.895. The van der Waals surface area contributed by atoms with E-state index in [1.54, 1.807) is 11.8 Å². The zero-order valence-corrected chi connectivity index (χ0v) is 12.0. The first-order valence-electron chi connectivity index (χ1n) is 7.22. The highest BCUT2D eigenvalue weighted by molar-refractivity contribution is 5.80. The standard InChI is InChI=1S/C14H23NO5/c1-14(13(17)18)5-6-15(10-14)12(16)4-8-19-9-11-3-2-7-20-11/h11H,2-10H2,1H3,(H,17,18)/t11-,14+/m0/s1. The minimum atomic E-state index is -0.831. The fourth-order valence-electron chi connectivity index (χ4n) is 2.66. The number of carboxylic acid groups (broad SMARTS) is 1. The molecule has 20 heavy (non-hydrogen) atoms. The number of ether oxygens (including phenoxy) is 2. The second kappa shape index (κ2) is 6.54. The van der Waals surface area contributed by atoms with Gasteiger partial charge in [0.1, 0.15) is 0 Å². The van der Waals surface area contributed by atoms with Crippen molar-refractivity contribution in [3.05, 3.63) is 0 Å². The van der Waals surface area contributed by atoms with Gasteiger partial charge in [-0.3, -0.25) is 9.59 Å². The van der Waals surface area contributed by atoms with Crippen molar-refractivity contribution < 1.29 is 24.2 Å². The molecule has 0 saturated carbocycles. The van der Waals surface area contributed by atoms with Crippen LogP contribution in [0, 0.1) is 5.41 Å². The largest absolute Gasteiger partial charge is 0.481 e. The van der Waals surface area contributed by atoms with E-state index >= 15 is 0 Å². The molecule has 2 aliphatic heterocycles. The lowest BCUT2D eigenvalue weighted by Crippen LogP contribution is -2.35. The van der Waals surface area contributed by atoms with Crippen LogP contribution < -0.4 is 0 Å². The van der Waals surface area contributed by atoms with Gasteiger partial charge in [0.2, 0.25) is 5.91 Å². The summed E-state index contributed by atoms with van der Waals surface area (Å²) in [6, 6.07) is 0. The molecule has 114 valence electrons. The zero-order valence-electron chi connectivity index (χ0n) is 12.0. The molecule has 2 rings (SSSR count). The summed E-state index contributed by atoms with van der Waals surface area (Å²) in [5, 5.41) is 9.13. The van der Waals surface area contributed by atoms with Gasteiger partial charge >= 0.3 is 5.97 Å². The number of hydrogen-bond acceptors (Lipinski definition) is 4. The van der Waals surface area contributed by atoms with Gasteiger partial charge in [0.05, 0.1) is 31.2 Å². The van der Waals surface area contributed by atoms with Gasteiger partial charge in [0.25, 0.3) is 0 Å². The second-order valence-corrected chi connectivity index (χ2v) is 5.89. The molecule has 0 bridgehead atoms. The fraction of sp³-hybridized carbons (Fsp3) is 0.857. The molecule has 0 aromatic carbocycles. The highest BCUT2D eigenvalue weighted by atomic mass is 16.5. The molecule has 0 aromatic heterocycles. The summed E-state index contributed by atoms with van der Waals surface area (Å²) < 4.78 is 10.9. The normalized spacial score (nSPS) is 29.9. The van der Waals surface area contributed by atoms with E-state index in [4.69, 9.17) is 14.6 Å². The van der Waals surface area contributed by atoms with E-state index in [0.717, 1.165) is 19.4 Å². The van der Waals surface area contributed by atoms with E-state index < -0.39 is 11.4 Å². The third-order valence-corrected chi connectivity index (χ3v) is 4.13. The third kappa shape index (κ3) is 3.70. The first kappa shape index (κ1) is 15.3. The lowest BCUT2D eigenvalue weighted by Gasteiger charge is -2.20. The van der Waals surface area contributed by atoms with Gasteiger partial charge < -0.3 is 19.5 Å². The molecule has 2 aliphatic rings. The van der Waals surface area contributed by atoms with Crippen LogP contribution in [0.5, 0.6) is 0 Å². The van der Waals surface area contributed by atoms with Gasteiger partial charge in [-0.1, -0.05) is 0 Å². The summed E-state index contributed by atoms with van der Waals surface area (Å²) in [4.78, 5) is 24.7. The Balaban J connectivity index is 1.64. The van der Waals surface area contributed by atoms with Crippen LogP contribution in [0.4, 0.5) is 0 Å². The van der Waals surface area contributed by atoms with Crippen molar-refractivity contribution in [2.24, 2.45) is 5.41 Å². The van der Waals surface area contributed by atoms with Crippen molar-refractivity contribution in [1.29, 1.82) is 0 Å².